The van der Waals surface area contributed by atoms with E-state index in [0.717, 1.165) is 42.7 Å². The van der Waals surface area contributed by atoms with Gasteiger partial charge in [0, 0.05) is 11.1 Å². The van der Waals surface area contributed by atoms with E-state index in [-0.39, 0.29) is 11.8 Å². The third kappa shape index (κ3) is 5.68. The van der Waals surface area contributed by atoms with Crippen molar-refractivity contribution in [2.75, 3.05) is 10.6 Å². The fourth-order valence-electron chi connectivity index (χ4n) is 4.68. The summed E-state index contributed by atoms with van der Waals surface area (Å²) in [7, 11) is 0. The summed E-state index contributed by atoms with van der Waals surface area (Å²) in [6.45, 7) is 8.16. The molecule has 41 heavy (non-hydrogen) atoms. The Labute approximate surface area is 244 Å². The van der Waals surface area contributed by atoms with Crippen molar-refractivity contribution in [1.29, 1.82) is 0 Å². The number of carbonyl (C=O) groups is 2. The third-order valence-corrected chi connectivity index (χ3v) is 8.79. The lowest BCUT2D eigenvalue weighted by Crippen LogP contribution is -2.11. The number of aromatic nitrogens is 2. The maximum Gasteiger partial charge on any atom is 0.257 e. The van der Waals surface area contributed by atoms with E-state index in [1.165, 1.54) is 22.7 Å². The first-order valence-electron chi connectivity index (χ1n) is 13.0. The Balaban J connectivity index is 1.08. The topological polar surface area (TPSA) is 93.2 Å². The molecule has 0 radical (unpaired) electrons. The number of fused-ring (bicyclic) bond motifs is 2. The molecule has 6 aromatic rings. The molecule has 0 spiro atoms. The summed E-state index contributed by atoms with van der Waals surface area (Å²) >= 11 is 2.93. The Morgan fingerprint density at radius 2 is 1.00 bits per heavy atom. The number of benzene rings is 4. The average molecular weight is 579 g/mol. The second kappa shape index (κ2) is 10.8. The molecule has 7 nitrogen and oxygen atoms in total. The molecule has 2 heterocycles. The Morgan fingerprint density at radius 1 is 0.610 bits per heavy atom. The van der Waals surface area contributed by atoms with Gasteiger partial charge in [-0.05, 0) is 111 Å². The van der Waals surface area contributed by atoms with Crippen LogP contribution in [0.1, 0.15) is 43.0 Å². The molecule has 0 saturated carbocycles. The maximum absolute atomic E-state index is 12.8. The van der Waals surface area contributed by atoms with Crippen molar-refractivity contribution in [3.63, 3.8) is 0 Å². The molecule has 2 aromatic heterocycles. The van der Waals surface area contributed by atoms with E-state index in [0.29, 0.717) is 32.9 Å². The van der Waals surface area contributed by atoms with Crippen LogP contribution >= 0.6 is 22.7 Å². The first kappa shape index (κ1) is 26.6. The van der Waals surface area contributed by atoms with Crippen molar-refractivity contribution in [2.45, 2.75) is 27.7 Å². The molecule has 204 valence electrons. The van der Waals surface area contributed by atoms with Gasteiger partial charge < -0.3 is 4.74 Å². The smallest absolute Gasteiger partial charge is 0.257 e. The number of amides is 2. The molecule has 0 aliphatic rings. The summed E-state index contributed by atoms with van der Waals surface area (Å²) in [5, 5.41) is 6.92. The number of aryl methyl sites for hydroxylation is 4. The quantitative estimate of drug-likeness (QED) is 0.207. The van der Waals surface area contributed by atoms with E-state index in [4.69, 9.17) is 4.74 Å². The molecule has 0 aliphatic carbocycles. The van der Waals surface area contributed by atoms with Gasteiger partial charge in [0.05, 0.1) is 20.4 Å². The molecular weight excluding hydrogens is 553 g/mol. The predicted molar refractivity (Wildman–Crippen MR) is 167 cm³/mol. The zero-order chi connectivity index (χ0) is 28.7. The van der Waals surface area contributed by atoms with E-state index >= 15 is 0 Å². The molecular formula is C32H26N4O3S2. The van der Waals surface area contributed by atoms with E-state index in [1.807, 2.05) is 39.8 Å². The van der Waals surface area contributed by atoms with Crippen molar-refractivity contribution < 1.29 is 14.3 Å². The van der Waals surface area contributed by atoms with Gasteiger partial charge in [-0.3, -0.25) is 20.2 Å². The normalized spacial score (nSPS) is 11.1. The van der Waals surface area contributed by atoms with Crippen molar-refractivity contribution >= 4 is 65.2 Å². The van der Waals surface area contributed by atoms with Crippen LogP contribution in [0, 0.1) is 27.7 Å². The Kier molecular flexibility index (Phi) is 6.98. The zero-order valence-corrected chi connectivity index (χ0v) is 24.5. The van der Waals surface area contributed by atoms with Gasteiger partial charge in [0.25, 0.3) is 11.8 Å². The van der Waals surface area contributed by atoms with Gasteiger partial charge in [0.1, 0.15) is 11.5 Å². The predicted octanol–water partition coefficient (Wildman–Crippen LogP) is 8.44. The number of ether oxygens (including phenoxy) is 1. The van der Waals surface area contributed by atoms with Crippen molar-refractivity contribution in [3.05, 3.63) is 106 Å². The highest BCUT2D eigenvalue weighted by Crippen LogP contribution is 2.31. The Bertz CT molecular complexity index is 1800. The highest BCUT2D eigenvalue weighted by Gasteiger charge is 2.14. The van der Waals surface area contributed by atoms with E-state index in [1.54, 1.807) is 48.5 Å². The summed E-state index contributed by atoms with van der Waals surface area (Å²) in [5.41, 5.74) is 7.34. The van der Waals surface area contributed by atoms with Crippen LogP contribution in [0.2, 0.25) is 0 Å². The van der Waals surface area contributed by atoms with Gasteiger partial charge in [-0.25, -0.2) is 9.97 Å². The molecule has 2 amide bonds. The van der Waals surface area contributed by atoms with Crippen LogP contribution < -0.4 is 15.4 Å². The molecule has 0 aliphatic heterocycles. The summed E-state index contributed by atoms with van der Waals surface area (Å²) in [6.07, 6.45) is 0. The summed E-state index contributed by atoms with van der Waals surface area (Å²) < 4.78 is 8.07. The summed E-state index contributed by atoms with van der Waals surface area (Å²) in [4.78, 5) is 34.7. The number of nitrogens with zero attached hydrogens (tertiary/aromatic N) is 2. The number of rotatable bonds is 6. The molecule has 0 saturated heterocycles. The molecule has 9 heteroatoms. The van der Waals surface area contributed by atoms with E-state index in [2.05, 4.69) is 32.7 Å². The van der Waals surface area contributed by atoms with Crippen LogP contribution in [0.3, 0.4) is 0 Å². The maximum atomic E-state index is 12.8. The largest absolute Gasteiger partial charge is 0.457 e. The number of nitrogens with one attached hydrogen (secondary N) is 2. The lowest BCUT2D eigenvalue weighted by atomic mass is 10.1. The van der Waals surface area contributed by atoms with Crippen LogP contribution in [-0.4, -0.2) is 21.8 Å². The number of hydrogen-bond acceptors (Lipinski definition) is 7. The summed E-state index contributed by atoms with van der Waals surface area (Å²) in [5.74, 6) is 0.674. The summed E-state index contributed by atoms with van der Waals surface area (Å²) in [6, 6.07) is 22.0. The number of carbonyl (C=O) groups excluding carboxylic acids is 2. The van der Waals surface area contributed by atoms with Gasteiger partial charge in [-0.2, -0.15) is 0 Å². The second-order valence-corrected chi connectivity index (χ2v) is 12.0. The molecule has 0 unspecified atom stereocenters. The molecule has 0 atom stereocenters. The van der Waals surface area contributed by atoms with Crippen LogP contribution in [0.5, 0.6) is 11.5 Å². The Morgan fingerprint density at radius 3 is 1.39 bits per heavy atom. The fourth-order valence-corrected chi connectivity index (χ4v) is 6.50. The number of hydrogen-bond donors (Lipinski definition) is 2. The molecule has 2 N–H and O–H groups in total. The molecule has 4 aromatic carbocycles. The second-order valence-electron chi connectivity index (χ2n) is 9.96. The highest BCUT2D eigenvalue weighted by molar-refractivity contribution is 7.22. The van der Waals surface area contributed by atoms with Crippen LogP contribution in [0.4, 0.5) is 10.3 Å². The van der Waals surface area contributed by atoms with Gasteiger partial charge in [0.2, 0.25) is 0 Å². The monoisotopic (exact) mass is 578 g/mol. The lowest BCUT2D eigenvalue weighted by Gasteiger charge is -2.08. The standard InChI is InChI=1S/C32H26N4O3S2/c1-17-13-19(3)27-25(15-17)33-31(40-27)35-29(37)21-5-9-23(10-6-21)39-24-11-7-22(8-12-24)30(38)36-32-34-26-16-18(2)14-20(4)28(26)41-32/h5-16H,1-4H3,(H,33,35,37)(H,34,36,38). The number of anilines is 2. The number of thiazole rings is 2. The first-order valence-corrected chi connectivity index (χ1v) is 14.6. The van der Waals surface area contributed by atoms with E-state index in [9.17, 15) is 9.59 Å². The zero-order valence-electron chi connectivity index (χ0n) is 22.9. The third-order valence-electron chi connectivity index (χ3n) is 6.55. The van der Waals surface area contributed by atoms with Crippen molar-refractivity contribution in [3.8, 4) is 11.5 Å². The van der Waals surface area contributed by atoms with Crippen LogP contribution in [-0.2, 0) is 0 Å². The lowest BCUT2D eigenvalue weighted by molar-refractivity contribution is 0.101. The highest BCUT2D eigenvalue weighted by atomic mass is 32.1. The Hall–Kier alpha value is -4.60. The van der Waals surface area contributed by atoms with Crippen molar-refractivity contribution in [1.82, 2.24) is 9.97 Å². The molecule has 0 fully saturated rings. The average Bonchev–Trinajstić information content (AvgIpc) is 3.53. The first-order chi connectivity index (χ1) is 19.7. The minimum atomic E-state index is -0.237. The minimum Gasteiger partial charge on any atom is -0.457 e. The minimum absolute atomic E-state index is 0.237. The van der Waals surface area contributed by atoms with Gasteiger partial charge >= 0.3 is 0 Å². The molecule has 0 bridgehead atoms. The SMILES string of the molecule is Cc1cc(C)c2sc(NC(=O)c3ccc(Oc4ccc(C(=O)Nc5nc6cc(C)cc(C)c6s5)cc4)cc3)nc2c1. The van der Waals surface area contributed by atoms with Gasteiger partial charge in [-0.15, -0.1) is 0 Å². The fraction of sp³-hybridized carbons (Fsp3) is 0.125. The van der Waals surface area contributed by atoms with Crippen LogP contribution in [0.25, 0.3) is 20.4 Å². The van der Waals surface area contributed by atoms with Crippen LogP contribution in [0.15, 0.2) is 72.8 Å². The van der Waals surface area contributed by atoms with Gasteiger partial charge in [-0.1, -0.05) is 34.8 Å². The van der Waals surface area contributed by atoms with Gasteiger partial charge in [0.15, 0.2) is 10.3 Å². The van der Waals surface area contributed by atoms with E-state index < -0.39 is 0 Å². The molecule has 6 rings (SSSR count). The van der Waals surface area contributed by atoms with Crippen molar-refractivity contribution in [2.24, 2.45) is 0 Å².